The number of benzene rings is 6. The Morgan fingerprint density at radius 2 is 1.04 bits per heavy atom. The molecule has 0 saturated heterocycles. The largest absolute Gasteiger partial charge is 0.295 e. The topological polar surface area (TPSA) is 213 Å². The maximum Gasteiger partial charge on any atom is 0.295 e. The highest BCUT2D eigenvalue weighted by atomic mass is 32.2. The van der Waals surface area contributed by atoms with Crippen LogP contribution in [0.15, 0.2) is 150 Å². The van der Waals surface area contributed by atoms with Crippen LogP contribution >= 0.6 is 0 Å². The number of rotatable bonds is 9. The highest BCUT2D eigenvalue weighted by molar-refractivity contribution is 7.86. The lowest BCUT2D eigenvalue weighted by molar-refractivity contribution is 0.481. The smallest absolute Gasteiger partial charge is 0.282 e. The van der Waals surface area contributed by atoms with Crippen LogP contribution in [-0.2, 0) is 36.8 Å². The van der Waals surface area contributed by atoms with Gasteiger partial charge >= 0.3 is 0 Å². The maximum atomic E-state index is 12.4. The first-order valence-corrected chi connectivity index (χ1v) is 18.5. The summed E-state index contributed by atoms with van der Waals surface area (Å²) in [5.41, 5.74) is 2.51. The number of hydrogen-bond acceptors (Lipinski definition) is 10. The molecule has 0 aliphatic heterocycles. The molecule has 0 radical (unpaired) electrons. The van der Waals surface area contributed by atoms with Crippen molar-refractivity contribution in [1.29, 1.82) is 0 Å². The molecule has 49 heavy (non-hydrogen) atoms. The Labute approximate surface area is 280 Å². The molecule has 0 amide bonds. The van der Waals surface area contributed by atoms with E-state index in [1.165, 1.54) is 48.5 Å². The Bertz CT molecular complexity index is 2650. The summed E-state index contributed by atoms with van der Waals surface area (Å²) in [6, 6.07) is 28.9. The van der Waals surface area contributed by atoms with Crippen LogP contribution in [0.3, 0.4) is 0 Å². The quantitative estimate of drug-likeness (QED) is 0.0971. The SMILES string of the molecule is O=S(=O)(O)c1ccc(N=Nc2ccc(N=Nc3ccc(Cc4ccccc4)c4c(S(=O)(=O)O)cccc34)c3ccc(S(=O)(=O)O)cc23)cc1. The van der Waals surface area contributed by atoms with Crippen molar-refractivity contribution in [3.05, 3.63) is 126 Å². The normalized spacial score (nSPS) is 12.8. The van der Waals surface area contributed by atoms with Crippen LogP contribution in [0.25, 0.3) is 21.5 Å². The zero-order valence-electron chi connectivity index (χ0n) is 25.0. The molecule has 6 aromatic carbocycles. The van der Waals surface area contributed by atoms with Gasteiger partial charge < -0.3 is 0 Å². The summed E-state index contributed by atoms with van der Waals surface area (Å²) < 4.78 is 100. The zero-order chi connectivity index (χ0) is 35.0. The lowest BCUT2D eigenvalue weighted by atomic mass is 9.97. The molecular formula is C33H24N4O9S3. The van der Waals surface area contributed by atoms with Gasteiger partial charge in [0.1, 0.15) is 4.90 Å². The molecule has 6 rings (SSSR count). The maximum absolute atomic E-state index is 12.4. The minimum absolute atomic E-state index is 0.173. The van der Waals surface area contributed by atoms with Gasteiger partial charge in [-0.05, 0) is 78.2 Å². The third kappa shape index (κ3) is 7.44. The highest BCUT2D eigenvalue weighted by Crippen LogP contribution is 2.39. The Morgan fingerprint density at radius 1 is 0.469 bits per heavy atom. The average Bonchev–Trinajstić information content (AvgIpc) is 3.06. The summed E-state index contributed by atoms with van der Waals surface area (Å²) >= 11 is 0. The second-order valence-electron chi connectivity index (χ2n) is 10.7. The first kappa shape index (κ1) is 33.7. The van der Waals surface area contributed by atoms with Crippen molar-refractivity contribution in [2.45, 2.75) is 21.1 Å². The first-order chi connectivity index (χ1) is 23.2. The van der Waals surface area contributed by atoms with Gasteiger partial charge in [-0.3, -0.25) is 13.7 Å². The third-order valence-electron chi connectivity index (χ3n) is 7.49. The van der Waals surface area contributed by atoms with Crippen LogP contribution in [-0.4, -0.2) is 38.9 Å². The van der Waals surface area contributed by atoms with Gasteiger partial charge in [-0.1, -0.05) is 54.6 Å². The number of azo groups is 2. The van der Waals surface area contributed by atoms with Crippen molar-refractivity contribution in [2.75, 3.05) is 0 Å². The summed E-state index contributed by atoms with van der Waals surface area (Å²) in [5.74, 6) is 0. The number of fused-ring (bicyclic) bond motifs is 2. The van der Waals surface area contributed by atoms with Crippen LogP contribution in [0.2, 0.25) is 0 Å². The fraction of sp³-hybridized carbons (Fsp3) is 0.0303. The molecule has 0 heterocycles. The number of nitrogens with zero attached hydrogens (tertiary/aromatic N) is 4. The lowest BCUT2D eigenvalue weighted by Gasteiger charge is -2.12. The van der Waals surface area contributed by atoms with Crippen molar-refractivity contribution in [2.24, 2.45) is 20.5 Å². The van der Waals surface area contributed by atoms with Gasteiger partial charge in [-0.25, -0.2) is 0 Å². The van der Waals surface area contributed by atoms with Crippen molar-refractivity contribution in [3.8, 4) is 0 Å². The molecule has 3 N–H and O–H groups in total. The van der Waals surface area contributed by atoms with E-state index in [0.717, 1.165) is 17.7 Å². The number of hydrogen-bond donors (Lipinski definition) is 3. The molecule has 16 heteroatoms. The first-order valence-electron chi connectivity index (χ1n) is 14.2. The molecule has 0 aliphatic rings. The second kappa shape index (κ2) is 13.0. The van der Waals surface area contributed by atoms with Gasteiger partial charge in [-0.15, -0.1) is 15.3 Å². The molecule has 0 aromatic heterocycles. The Kier molecular flexibility index (Phi) is 8.93. The average molecular weight is 717 g/mol. The molecule has 0 bridgehead atoms. The summed E-state index contributed by atoms with van der Waals surface area (Å²) in [5, 5.41) is 18.4. The van der Waals surface area contributed by atoms with E-state index in [9.17, 15) is 38.9 Å². The van der Waals surface area contributed by atoms with Crippen LogP contribution < -0.4 is 0 Å². The Hall–Kier alpha value is -5.23. The van der Waals surface area contributed by atoms with Crippen molar-refractivity contribution in [3.63, 3.8) is 0 Å². The van der Waals surface area contributed by atoms with Crippen LogP contribution in [0, 0.1) is 0 Å². The second-order valence-corrected chi connectivity index (χ2v) is 14.9. The molecule has 0 saturated carbocycles. The summed E-state index contributed by atoms with van der Waals surface area (Å²) in [6.07, 6.45) is 0.378. The van der Waals surface area contributed by atoms with Crippen LogP contribution in [0.4, 0.5) is 22.7 Å². The fourth-order valence-electron chi connectivity index (χ4n) is 5.23. The lowest BCUT2D eigenvalue weighted by Crippen LogP contribution is -2.01. The molecule has 0 aliphatic carbocycles. The van der Waals surface area contributed by atoms with E-state index in [2.05, 4.69) is 20.5 Å². The van der Waals surface area contributed by atoms with E-state index in [-0.39, 0.29) is 43.3 Å². The van der Waals surface area contributed by atoms with Crippen LogP contribution in [0.1, 0.15) is 11.1 Å². The highest BCUT2D eigenvalue weighted by Gasteiger charge is 2.19. The van der Waals surface area contributed by atoms with Gasteiger partial charge in [0.05, 0.1) is 32.5 Å². The predicted molar refractivity (Wildman–Crippen MR) is 181 cm³/mol. The van der Waals surface area contributed by atoms with Gasteiger partial charge in [-0.2, -0.15) is 30.4 Å². The molecule has 0 atom stereocenters. The van der Waals surface area contributed by atoms with Crippen molar-refractivity contribution >= 4 is 74.6 Å². The third-order valence-corrected chi connectivity index (χ3v) is 10.1. The molecule has 13 nitrogen and oxygen atoms in total. The molecule has 0 spiro atoms. The van der Waals surface area contributed by atoms with Crippen molar-refractivity contribution < 1.29 is 38.9 Å². The van der Waals surface area contributed by atoms with Gasteiger partial charge in [0.2, 0.25) is 0 Å². The van der Waals surface area contributed by atoms with E-state index in [0.29, 0.717) is 22.8 Å². The van der Waals surface area contributed by atoms with E-state index < -0.39 is 35.2 Å². The van der Waals surface area contributed by atoms with Gasteiger partial charge in [0.15, 0.2) is 0 Å². The van der Waals surface area contributed by atoms with Crippen molar-refractivity contribution in [1.82, 2.24) is 0 Å². The monoisotopic (exact) mass is 716 g/mol. The zero-order valence-corrected chi connectivity index (χ0v) is 27.4. The molecule has 0 fully saturated rings. The molecule has 248 valence electrons. The predicted octanol–water partition coefficient (Wildman–Crippen LogP) is 8.15. The summed E-state index contributed by atoms with van der Waals surface area (Å²) in [7, 11) is -13.6. The minimum atomic E-state index is -4.61. The van der Waals surface area contributed by atoms with E-state index in [4.69, 9.17) is 0 Å². The fourth-order valence-corrected chi connectivity index (χ4v) is 6.97. The molecule has 0 unspecified atom stereocenters. The summed E-state index contributed by atoms with van der Waals surface area (Å²) in [6.45, 7) is 0. The Morgan fingerprint density at radius 3 is 1.67 bits per heavy atom. The van der Waals surface area contributed by atoms with Gasteiger partial charge in [0, 0.05) is 21.5 Å². The van der Waals surface area contributed by atoms with Crippen LogP contribution in [0.5, 0.6) is 0 Å². The Balaban J connectivity index is 1.45. The van der Waals surface area contributed by atoms with E-state index in [1.54, 1.807) is 24.3 Å². The summed E-state index contributed by atoms with van der Waals surface area (Å²) in [4.78, 5) is -1.03. The van der Waals surface area contributed by atoms with Gasteiger partial charge in [0.25, 0.3) is 30.4 Å². The standard InChI is InChI=1S/C33H24N4O9S3/c38-47(39,40)24-12-10-23(11-13-24)34-35-31-18-17-29(26-15-14-25(20-28(26)31)48(41,42)43)36-37-30-16-9-22(19-21-5-2-1-3-6-21)33-27(30)7-4-8-32(33)49(44,45)46/h1-18,20H,19H2,(H,38,39,40)(H,41,42,43)(H,44,45,46). The van der Waals surface area contributed by atoms with E-state index in [1.807, 2.05) is 30.3 Å². The molecule has 6 aromatic rings. The van der Waals surface area contributed by atoms with E-state index >= 15 is 0 Å². The minimum Gasteiger partial charge on any atom is -0.282 e. The molecular weight excluding hydrogens is 693 g/mol.